The highest BCUT2D eigenvalue weighted by Gasteiger charge is 2.19. The number of rotatable bonds is 9. The molecule has 0 aliphatic heterocycles. The van der Waals surface area contributed by atoms with Crippen LogP contribution in [0.25, 0.3) is 0 Å². The van der Waals surface area contributed by atoms with Crippen LogP contribution in [0.15, 0.2) is 17.0 Å². The monoisotopic (exact) mass is 314 g/mol. The van der Waals surface area contributed by atoms with Gasteiger partial charge >= 0.3 is 0 Å². The van der Waals surface area contributed by atoms with Gasteiger partial charge in [0.1, 0.15) is 0 Å². The summed E-state index contributed by atoms with van der Waals surface area (Å²) in [5, 5.41) is 0. The van der Waals surface area contributed by atoms with Crippen molar-refractivity contribution in [3.05, 3.63) is 23.3 Å². The Morgan fingerprint density at radius 1 is 1.14 bits per heavy atom. The van der Waals surface area contributed by atoms with Crippen molar-refractivity contribution in [3.63, 3.8) is 0 Å². The molecule has 0 heterocycles. The van der Waals surface area contributed by atoms with Gasteiger partial charge in [-0.05, 0) is 49.9 Å². The molecule has 0 spiro atoms. The van der Waals surface area contributed by atoms with Crippen LogP contribution in [-0.2, 0) is 14.8 Å². The molecule has 0 aliphatic rings. The fourth-order valence-corrected chi connectivity index (χ4v) is 3.73. The van der Waals surface area contributed by atoms with E-state index in [1.54, 1.807) is 26.0 Å². The molecule has 0 aromatic heterocycles. The van der Waals surface area contributed by atoms with Crippen LogP contribution in [0.1, 0.15) is 37.3 Å². The lowest BCUT2D eigenvalue weighted by Crippen LogP contribution is -2.27. The number of hydrogen-bond donors (Lipinski definition) is 2. The Morgan fingerprint density at radius 3 is 2.29 bits per heavy atom. The predicted molar refractivity (Wildman–Crippen MR) is 85.9 cm³/mol. The van der Waals surface area contributed by atoms with Gasteiger partial charge in [0, 0.05) is 25.4 Å². The number of unbranched alkanes of at least 4 members (excludes halogenated alkanes) is 1. The van der Waals surface area contributed by atoms with Crippen molar-refractivity contribution in [1.82, 2.24) is 4.72 Å². The van der Waals surface area contributed by atoms with Gasteiger partial charge in [-0.25, -0.2) is 13.1 Å². The molecule has 0 amide bonds. The molecular weight excluding hydrogens is 288 g/mol. The van der Waals surface area contributed by atoms with Gasteiger partial charge in [0.15, 0.2) is 0 Å². The predicted octanol–water partition coefficient (Wildman–Crippen LogP) is 2.37. The van der Waals surface area contributed by atoms with E-state index in [2.05, 4.69) is 11.6 Å². The van der Waals surface area contributed by atoms with Crippen molar-refractivity contribution >= 4 is 15.7 Å². The van der Waals surface area contributed by atoms with Gasteiger partial charge in [-0.15, -0.1) is 0 Å². The number of aryl methyl sites for hydroxylation is 2. The second kappa shape index (κ2) is 8.36. The summed E-state index contributed by atoms with van der Waals surface area (Å²) in [6.07, 6.45) is 2.80. The number of nitrogen functional groups attached to an aromatic ring is 1. The number of nitrogens with two attached hydrogens (primary N) is 1. The molecule has 0 fully saturated rings. The van der Waals surface area contributed by atoms with Gasteiger partial charge in [-0.2, -0.15) is 0 Å². The first-order chi connectivity index (χ1) is 9.88. The van der Waals surface area contributed by atoms with E-state index >= 15 is 0 Å². The lowest BCUT2D eigenvalue weighted by atomic mass is 10.1. The number of anilines is 1. The standard InChI is InChI=1S/C15H26N2O3S/c1-4-5-8-20-9-6-7-17-21(18,19)15-12(2)10-14(16)11-13(15)3/h10-11,17H,4-9,16H2,1-3H3. The molecule has 6 heteroatoms. The third-order valence-electron chi connectivity index (χ3n) is 3.15. The Bertz CT molecular complexity index is 533. The van der Waals surface area contributed by atoms with E-state index in [9.17, 15) is 8.42 Å². The van der Waals surface area contributed by atoms with E-state index in [4.69, 9.17) is 10.5 Å². The van der Waals surface area contributed by atoms with Crippen molar-refractivity contribution in [1.29, 1.82) is 0 Å². The Morgan fingerprint density at radius 2 is 1.71 bits per heavy atom. The smallest absolute Gasteiger partial charge is 0.241 e. The third-order valence-corrected chi connectivity index (χ3v) is 4.92. The van der Waals surface area contributed by atoms with Crippen molar-refractivity contribution in [2.75, 3.05) is 25.5 Å². The molecule has 0 atom stereocenters. The summed E-state index contributed by atoms with van der Waals surface area (Å²) in [6.45, 7) is 7.30. The van der Waals surface area contributed by atoms with Gasteiger partial charge in [-0.3, -0.25) is 0 Å². The largest absolute Gasteiger partial charge is 0.399 e. The zero-order chi connectivity index (χ0) is 15.9. The van der Waals surface area contributed by atoms with Crippen LogP contribution < -0.4 is 10.5 Å². The highest BCUT2D eigenvalue weighted by Crippen LogP contribution is 2.22. The first-order valence-electron chi connectivity index (χ1n) is 7.32. The van der Waals surface area contributed by atoms with Crippen LogP contribution >= 0.6 is 0 Å². The zero-order valence-corrected chi connectivity index (χ0v) is 13.9. The third kappa shape index (κ3) is 5.65. The quantitative estimate of drug-likeness (QED) is 0.541. The molecule has 0 saturated heterocycles. The Kier molecular flexibility index (Phi) is 7.14. The van der Waals surface area contributed by atoms with E-state index in [1.807, 2.05) is 0 Å². The van der Waals surface area contributed by atoms with Crippen LogP contribution in [0, 0.1) is 13.8 Å². The summed E-state index contributed by atoms with van der Waals surface area (Å²) < 4.78 is 32.7. The van der Waals surface area contributed by atoms with Crippen LogP contribution in [0.4, 0.5) is 5.69 Å². The summed E-state index contributed by atoms with van der Waals surface area (Å²) in [6, 6.07) is 3.35. The zero-order valence-electron chi connectivity index (χ0n) is 13.1. The molecular formula is C15H26N2O3S. The maximum Gasteiger partial charge on any atom is 0.241 e. The van der Waals surface area contributed by atoms with Gasteiger partial charge in [-0.1, -0.05) is 13.3 Å². The van der Waals surface area contributed by atoms with Gasteiger partial charge in [0.2, 0.25) is 10.0 Å². The van der Waals surface area contributed by atoms with E-state index in [-0.39, 0.29) is 0 Å². The molecule has 5 nitrogen and oxygen atoms in total. The minimum Gasteiger partial charge on any atom is -0.399 e. The van der Waals surface area contributed by atoms with E-state index in [0.717, 1.165) is 19.4 Å². The van der Waals surface area contributed by atoms with E-state index in [1.165, 1.54) is 0 Å². The summed E-state index contributed by atoms with van der Waals surface area (Å²) in [7, 11) is -3.50. The second-order valence-electron chi connectivity index (χ2n) is 5.20. The molecule has 0 unspecified atom stereocenters. The van der Waals surface area contributed by atoms with E-state index < -0.39 is 10.0 Å². The molecule has 1 aromatic rings. The minimum absolute atomic E-state index is 0.323. The lowest BCUT2D eigenvalue weighted by molar-refractivity contribution is 0.130. The first-order valence-corrected chi connectivity index (χ1v) is 8.81. The highest BCUT2D eigenvalue weighted by molar-refractivity contribution is 7.89. The molecule has 1 rings (SSSR count). The van der Waals surface area contributed by atoms with Crippen LogP contribution in [0.2, 0.25) is 0 Å². The SMILES string of the molecule is CCCCOCCCNS(=O)(=O)c1c(C)cc(N)cc1C. The number of benzene rings is 1. The first kappa shape index (κ1) is 17.9. The van der Waals surface area contributed by atoms with Gasteiger partial charge in [0.05, 0.1) is 4.90 Å². The molecule has 120 valence electrons. The number of nitrogens with one attached hydrogen (secondary N) is 1. The van der Waals surface area contributed by atoms with Gasteiger partial charge < -0.3 is 10.5 Å². The topological polar surface area (TPSA) is 81.4 Å². The fraction of sp³-hybridized carbons (Fsp3) is 0.600. The maximum atomic E-state index is 12.3. The average molecular weight is 314 g/mol. The number of sulfonamides is 1. The summed E-state index contributed by atoms with van der Waals surface area (Å²) in [4.78, 5) is 0.323. The van der Waals surface area contributed by atoms with Gasteiger partial charge in [0.25, 0.3) is 0 Å². The van der Waals surface area contributed by atoms with Crippen LogP contribution in [-0.4, -0.2) is 28.2 Å². The summed E-state index contributed by atoms with van der Waals surface area (Å²) in [5.74, 6) is 0. The minimum atomic E-state index is -3.50. The summed E-state index contributed by atoms with van der Waals surface area (Å²) in [5.41, 5.74) is 7.63. The molecule has 0 aliphatic carbocycles. The lowest BCUT2D eigenvalue weighted by Gasteiger charge is -2.13. The van der Waals surface area contributed by atoms with E-state index in [0.29, 0.717) is 41.3 Å². The Hall–Kier alpha value is -1.11. The molecule has 3 N–H and O–H groups in total. The maximum absolute atomic E-state index is 12.3. The average Bonchev–Trinajstić information content (AvgIpc) is 2.35. The summed E-state index contributed by atoms with van der Waals surface area (Å²) >= 11 is 0. The molecule has 0 saturated carbocycles. The van der Waals surface area contributed by atoms with Crippen LogP contribution in [0.5, 0.6) is 0 Å². The van der Waals surface area contributed by atoms with Crippen molar-refractivity contribution < 1.29 is 13.2 Å². The van der Waals surface area contributed by atoms with Crippen LogP contribution in [0.3, 0.4) is 0 Å². The van der Waals surface area contributed by atoms with Crippen molar-refractivity contribution in [2.24, 2.45) is 0 Å². The molecule has 0 bridgehead atoms. The second-order valence-corrected chi connectivity index (χ2v) is 6.90. The number of ether oxygens (including phenoxy) is 1. The Labute approximate surface area is 127 Å². The molecule has 21 heavy (non-hydrogen) atoms. The molecule has 1 aromatic carbocycles. The normalized spacial score (nSPS) is 11.8. The Balaban J connectivity index is 2.55. The van der Waals surface area contributed by atoms with Crippen molar-refractivity contribution in [2.45, 2.75) is 44.9 Å². The molecule has 0 radical (unpaired) electrons. The van der Waals surface area contributed by atoms with Crippen molar-refractivity contribution in [3.8, 4) is 0 Å². The fourth-order valence-electron chi connectivity index (χ4n) is 2.21. The highest BCUT2D eigenvalue weighted by atomic mass is 32.2. The number of hydrogen-bond acceptors (Lipinski definition) is 4.